The highest BCUT2D eigenvalue weighted by Gasteiger charge is 2.32. The number of hydrogen-bond acceptors (Lipinski definition) is 6. The molecule has 1 heterocycles. The van der Waals surface area contributed by atoms with Gasteiger partial charge in [0.15, 0.2) is 9.84 Å². The van der Waals surface area contributed by atoms with Crippen LogP contribution < -0.4 is 14.5 Å². The van der Waals surface area contributed by atoms with Crippen LogP contribution in [0.2, 0.25) is 0 Å². The molecule has 3 aromatic rings. The number of para-hydroxylation sites is 1. The first-order valence-corrected chi connectivity index (χ1v) is 14.0. The SMILES string of the molecule is CS(=O)(=O)c1cc(F)ccc1N1CCN(C(=O)CN(C(=O)c2ccc(OC(F)(F)F)cc2)c2ccccc2)CC1. The van der Waals surface area contributed by atoms with Crippen molar-refractivity contribution in [2.75, 3.05) is 48.8 Å². The van der Waals surface area contributed by atoms with Gasteiger partial charge in [0.05, 0.1) is 10.6 Å². The number of hydrogen-bond donors (Lipinski definition) is 0. The molecule has 1 aliphatic rings. The van der Waals surface area contributed by atoms with Crippen LogP contribution in [0.1, 0.15) is 10.4 Å². The summed E-state index contributed by atoms with van der Waals surface area (Å²) in [5.74, 6) is -2.13. The summed E-state index contributed by atoms with van der Waals surface area (Å²) in [7, 11) is -3.70. The van der Waals surface area contributed by atoms with E-state index in [-0.39, 0.29) is 49.1 Å². The van der Waals surface area contributed by atoms with E-state index in [1.54, 1.807) is 35.2 Å². The molecule has 2 amide bonds. The molecule has 212 valence electrons. The summed E-state index contributed by atoms with van der Waals surface area (Å²) >= 11 is 0. The van der Waals surface area contributed by atoms with Crippen LogP contribution in [0, 0.1) is 5.82 Å². The quantitative estimate of drug-likeness (QED) is 0.392. The van der Waals surface area contributed by atoms with Gasteiger partial charge in [0.2, 0.25) is 5.91 Å². The molecule has 8 nitrogen and oxygen atoms in total. The highest BCUT2D eigenvalue weighted by Crippen LogP contribution is 2.28. The molecule has 4 rings (SSSR count). The van der Waals surface area contributed by atoms with Crippen LogP contribution in [0.5, 0.6) is 5.75 Å². The minimum absolute atomic E-state index is 0.0561. The first kappa shape index (κ1) is 28.9. The van der Waals surface area contributed by atoms with Gasteiger partial charge in [0.25, 0.3) is 5.91 Å². The Morgan fingerprint density at radius 3 is 2.12 bits per heavy atom. The van der Waals surface area contributed by atoms with Crippen molar-refractivity contribution in [3.05, 3.63) is 84.2 Å². The highest BCUT2D eigenvalue weighted by atomic mass is 32.2. The number of carbonyl (C=O) groups excluding carboxylic acids is 2. The average Bonchev–Trinajstić information content (AvgIpc) is 2.91. The van der Waals surface area contributed by atoms with Crippen LogP contribution in [0.15, 0.2) is 77.7 Å². The van der Waals surface area contributed by atoms with Crippen molar-refractivity contribution in [1.29, 1.82) is 0 Å². The Morgan fingerprint density at radius 2 is 1.55 bits per heavy atom. The fraction of sp³-hybridized carbons (Fsp3) is 0.259. The van der Waals surface area contributed by atoms with E-state index < -0.39 is 33.7 Å². The molecule has 0 bridgehead atoms. The predicted octanol–water partition coefficient (Wildman–Crippen LogP) is 4.12. The number of ether oxygens (including phenoxy) is 1. The maximum atomic E-state index is 13.7. The summed E-state index contributed by atoms with van der Waals surface area (Å²) in [4.78, 5) is 31.0. The molecule has 0 saturated carbocycles. The lowest BCUT2D eigenvalue weighted by atomic mass is 10.1. The van der Waals surface area contributed by atoms with E-state index in [1.165, 1.54) is 34.1 Å². The van der Waals surface area contributed by atoms with E-state index in [0.717, 1.165) is 24.5 Å². The summed E-state index contributed by atoms with van der Waals surface area (Å²) in [6, 6.07) is 16.3. The van der Waals surface area contributed by atoms with Gasteiger partial charge in [-0.05, 0) is 54.6 Å². The van der Waals surface area contributed by atoms with Crippen molar-refractivity contribution in [1.82, 2.24) is 4.90 Å². The number of nitrogens with zero attached hydrogens (tertiary/aromatic N) is 3. The van der Waals surface area contributed by atoms with Gasteiger partial charge < -0.3 is 14.5 Å². The molecule has 3 aromatic carbocycles. The molecule has 0 atom stereocenters. The number of alkyl halides is 3. The normalized spacial score (nSPS) is 14.1. The van der Waals surface area contributed by atoms with E-state index in [1.807, 2.05) is 0 Å². The van der Waals surface area contributed by atoms with E-state index in [4.69, 9.17) is 0 Å². The molecule has 0 aromatic heterocycles. The molecule has 13 heteroatoms. The lowest BCUT2D eigenvalue weighted by Crippen LogP contribution is -2.52. The monoisotopic (exact) mass is 579 g/mol. The lowest BCUT2D eigenvalue weighted by molar-refractivity contribution is -0.274. The number of rotatable bonds is 7. The zero-order chi connectivity index (χ0) is 29.1. The molecule has 0 N–H and O–H groups in total. The Hall–Kier alpha value is -4.13. The number of piperazine rings is 1. The molecular weight excluding hydrogens is 554 g/mol. The fourth-order valence-corrected chi connectivity index (χ4v) is 5.23. The van der Waals surface area contributed by atoms with Gasteiger partial charge in [0.1, 0.15) is 18.1 Å². The zero-order valence-electron chi connectivity index (χ0n) is 21.3. The van der Waals surface area contributed by atoms with Gasteiger partial charge in [0, 0.05) is 43.7 Å². The second-order valence-corrected chi connectivity index (χ2v) is 11.0. The maximum absolute atomic E-state index is 13.7. The molecule has 1 aliphatic heterocycles. The first-order chi connectivity index (χ1) is 18.8. The summed E-state index contributed by atoms with van der Waals surface area (Å²) < 4.78 is 79.4. The highest BCUT2D eigenvalue weighted by molar-refractivity contribution is 7.90. The number of sulfone groups is 1. The fourth-order valence-electron chi connectivity index (χ4n) is 4.32. The topological polar surface area (TPSA) is 87.2 Å². The van der Waals surface area contributed by atoms with Crippen LogP contribution in [0.25, 0.3) is 0 Å². The Labute approximate surface area is 228 Å². The largest absolute Gasteiger partial charge is 0.573 e. The third-order valence-electron chi connectivity index (χ3n) is 6.24. The summed E-state index contributed by atoms with van der Waals surface area (Å²) in [6.07, 6.45) is -3.88. The molecule has 1 fully saturated rings. The molecule has 0 radical (unpaired) electrons. The van der Waals surface area contributed by atoms with E-state index >= 15 is 0 Å². The molecule has 0 aliphatic carbocycles. The first-order valence-electron chi connectivity index (χ1n) is 12.1. The minimum Gasteiger partial charge on any atom is -0.406 e. The van der Waals surface area contributed by atoms with E-state index in [2.05, 4.69) is 4.74 Å². The second-order valence-electron chi connectivity index (χ2n) is 9.05. The average molecular weight is 580 g/mol. The Morgan fingerprint density at radius 1 is 0.925 bits per heavy atom. The minimum atomic E-state index is -4.87. The van der Waals surface area contributed by atoms with Gasteiger partial charge in [-0.3, -0.25) is 14.5 Å². The van der Waals surface area contributed by atoms with Crippen molar-refractivity contribution in [2.24, 2.45) is 0 Å². The smallest absolute Gasteiger partial charge is 0.406 e. The number of carbonyl (C=O) groups is 2. The maximum Gasteiger partial charge on any atom is 0.573 e. The third kappa shape index (κ3) is 7.08. The van der Waals surface area contributed by atoms with Crippen molar-refractivity contribution in [2.45, 2.75) is 11.3 Å². The van der Waals surface area contributed by atoms with Crippen LogP contribution >= 0.6 is 0 Å². The van der Waals surface area contributed by atoms with Crippen molar-refractivity contribution in [3.8, 4) is 5.75 Å². The molecule has 40 heavy (non-hydrogen) atoms. The van der Waals surface area contributed by atoms with Crippen LogP contribution in [-0.4, -0.2) is 70.5 Å². The molecule has 0 unspecified atom stereocenters. The van der Waals surface area contributed by atoms with Crippen LogP contribution in [0.4, 0.5) is 28.9 Å². The Balaban J connectivity index is 1.48. The van der Waals surface area contributed by atoms with E-state index in [9.17, 15) is 35.6 Å². The van der Waals surface area contributed by atoms with Crippen molar-refractivity contribution >= 4 is 33.0 Å². The van der Waals surface area contributed by atoms with E-state index in [0.29, 0.717) is 11.4 Å². The van der Waals surface area contributed by atoms with Crippen molar-refractivity contribution in [3.63, 3.8) is 0 Å². The molecule has 1 saturated heterocycles. The van der Waals surface area contributed by atoms with Crippen molar-refractivity contribution < 1.29 is 40.3 Å². The lowest BCUT2D eigenvalue weighted by Gasteiger charge is -2.37. The second kappa shape index (κ2) is 11.5. The zero-order valence-corrected chi connectivity index (χ0v) is 22.1. The van der Waals surface area contributed by atoms with Gasteiger partial charge in [-0.15, -0.1) is 13.2 Å². The van der Waals surface area contributed by atoms with Crippen LogP contribution in [-0.2, 0) is 14.6 Å². The number of anilines is 2. The van der Waals surface area contributed by atoms with Gasteiger partial charge in [-0.25, -0.2) is 12.8 Å². The Bertz CT molecular complexity index is 1470. The third-order valence-corrected chi connectivity index (χ3v) is 7.36. The summed E-state index contributed by atoms with van der Waals surface area (Å²) in [5.41, 5.74) is 0.815. The van der Waals surface area contributed by atoms with Gasteiger partial charge in [-0.2, -0.15) is 0 Å². The number of amides is 2. The van der Waals surface area contributed by atoms with Gasteiger partial charge in [-0.1, -0.05) is 18.2 Å². The van der Waals surface area contributed by atoms with Crippen LogP contribution in [0.3, 0.4) is 0 Å². The predicted molar refractivity (Wildman–Crippen MR) is 140 cm³/mol. The summed E-state index contributed by atoms with van der Waals surface area (Å²) in [6.45, 7) is 0.661. The molecular formula is C27H25F4N3O5S. The summed E-state index contributed by atoms with van der Waals surface area (Å²) in [5, 5.41) is 0. The molecule has 0 spiro atoms. The number of benzene rings is 3. The standard InChI is InChI=1S/C27H25F4N3O5S/c1-40(37,38)24-17-20(28)9-12-23(24)32-13-15-33(16-14-32)25(35)18-34(21-5-3-2-4-6-21)26(36)19-7-10-22(11-8-19)39-27(29,30)31/h2-12,17H,13-16,18H2,1H3. The Kier molecular flexibility index (Phi) is 8.33. The number of halogens is 4. The van der Waals surface area contributed by atoms with Gasteiger partial charge >= 0.3 is 6.36 Å².